The second-order valence-electron chi connectivity index (χ2n) is 5.95. The van der Waals surface area contributed by atoms with Crippen LogP contribution in [0.25, 0.3) is 0 Å². The van der Waals surface area contributed by atoms with Gasteiger partial charge in [-0.25, -0.2) is 0 Å². The van der Waals surface area contributed by atoms with Crippen molar-refractivity contribution in [2.24, 2.45) is 5.92 Å². The first kappa shape index (κ1) is 18.7. The zero-order valence-electron chi connectivity index (χ0n) is 14.7. The molecule has 0 fully saturated rings. The van der Waals surface area contributed by atoms with Crippen molar-refractivity contribution in [2.45, 2.75) is 20.4 Å². The molecule has 0 saturated heterocycles. The monoisotopic (exact) mass is 345 g/mol. The summed E-state index contributed by atoms with van der Waals surface area (Å²) in [5.41, 5.74) is 1.06. The van der Waals surface area contributed by atoms with Crippen LogP contribution in [-0.4, -0.2) is 42.1 Å². The quantitative estimate of drug-likeness (QED) is 0.739. The molecule has 1 amide bonds. The van der Waals surface area contributed by atoms with E-state index in [9.17, 15) is 9.59 Å². The van der Waals surface area contributed by atoms with Gasteiger partial charge in [-0.3, -0.25) is 14.5 Å². The molecule has 7 heteroatoms. The average Bonchev–Trinajstić information content (AvgIpc) is 2.99. The molecule has 1 unspecified atom stereocenters. The topological polar surface area (TPSA) is 84.7 Å². The molecule has 0 bridgehead atoms. The maximum atomic E-state index is 12.3. The van der Waals surface area contributed by atoms with Gasteiger partial charge < -0.3 is 14.6 Å². The lowest BCUT2D eigenvalue weighted by molar-refractivity contribution is -0.145. The van der Waals surface area contributed by atoms with Crippen LogP contribution in [0.15, 0.2) is 40.9 Å². The Bertz CT molecular complexity index is 699. The number of rotatable bonds is 8. The molecule has 1 heterocycles. The molecule has 1 N–H and O–H groups in total. The first-order valence-electron chi connectivity index (χ1n) is 8.05. The molecule has 7 nitrogen and oxygen atoms in total. The van der Waals surface area contributed by atoms with Gasteiger partial charge in [0.1, 0.15) is 5.76 Å². The number of carbonyl (C=O) groups excluding carboxylic acids is 2. The molecular formula is C18H23N3O4. The van der Waals surface area contributed by atoms with E-state index in [-0.39, 0.29) is 24.3 Å². The molecule has 0 radical (unpaired) electrons. The van der Waals surface area contributed by atoms with Crippen molar-refractivity contribution in [3.63, 3.8) is 0 Å². The molecule has 0 aliphatic heterocycles. The lowest BCUT2D eigenvalue weighted by Crippen LogP contribution is -2.37. The Kier molecular flexibility index (Phi) is 6.71. The number of hydrogen-bond donors (Lipinski definition) is 1. The van der Waals surface area contributed by atoms with Crippen molar-refractivity contribution in [2.75, 3.05) is 25.5 Å². The lowest BCUT2D eigenvalue weighted by atomic mass is 10.1. The predicted octanol–water partition coefficient (Wildman–Crippen LogP) is 2.23. The first-order valence-corrected chi connectivity index (χ1v) is 8.05. The van der Waals surface area contributed by atoms with Gasteiger partial charge in [-0.15, -0.1) is 0 Å². The second-order valence-corrected chi connectivity index (χ2v) is 5.95. The van der Waals surface area contributed by atoms with Crippen molar-refractivity contribution < 1.29 is 18.8 Å². The fourth-order valence-electron chi connectivity index (χ4n) is 2.50. The second kappa shape index (κ2) is 8.98. The van der Waals surface area contributed by atoms with Gasteiger partial charge in [0.2, 0.25) is 5.91 Å². The summed E-state index contributed by atoms with van der Waals surface area (Å²) in [6.07, 6.45) is 0. The van der Waals surface area contributed by atoms with Crippen LogP contribution in [0, 0.1) is 12.8 Å². The van der Waals surface area contributed by atoms with Crippen LogP contribution < -0.4 is 5.32 Å². The number of amides is 1. The van der Waals surface area contributed by atoms with Gasteiger partial charge in [0.15, 0.2) is 5.82 Å². The highest BCUT2D eigenvalue weighted by Gasteiger charge is 2.20. The molecule has 1 aromatic carbocycles. The summed E-state index contributed by atoms with van der Waals surface area (Å²) >= 11 is 0. The third kappa shape index (κ3) is 6.04. The van der Waals surface area contributed by atoms with Gasteiger partial charge in [-0.2, -0.15) is 0 Å². The number of carbonyl (C=O) groups is 2. The minimum absolute atomic E-state index is 0.127. The van der Waals surface area contributed by atoms with E-state index in [0.29, 0.717) is 24.7 Å². The summed E-state index contributed by atoms with van der Waals surface area (Å²) in [7, 11) is 1.36. The summed E-state index contributed by atoms with van der Waals surface area (Å²) in [4.78, 5) is 25.9. The number of aryl methyl sites for hydroxylation is 1. The molecule has 25 heavy (non-hydrogen) atoms. The van der Waals surface area contributed by atoms with E-state index in [4.69, 9.17) is 9.26 Å². The number of nitrogens with zero attached hydrogens (tertiary/aromatic N) is 2. The number of aromatic nitrogens is 1. The highest BCUT2D eigenvalue weighted by Crippen LogP contribution is 2.11. The number of methoxy groups -OCH3 is 1. The van der Waals surface area contributed by atoms with Crippen LogP contribution in [0.5, 0.6) is 0 Å². The fraction of sp³-hybridized carbons (Fsp3) is 0.389. The minimum atomic E-state index is -0.337. The molecule has 0 saturated carbocycles. The molecule has 0 aliphatic rings. The summed E-state index contributed by atoms with van der Waals surface area (Å²) in [6, 6.07) is 11.4. The zero-order valence-corrected chi connectivity index (χ0v) is 14.7. The molecule has 2 rings (SSSR count). The van der Waals surface area contributed by atoms with Crippen LogP contribution in [0.2, 0.25) is 0 Å². The normalized spacial score (nSPS) is 12.0. The van der Waals surface area contributed by atoms with Crippen molar-refractivity contribution in [1.82, 2.24) is 10.1 Å². The van der Waals surface area contributed by atoms with Gasteiger partial charge in [0.05, 0.1) is 19.6 Å². The smallest absolute Gasteiger partial charge is 0.309 e. The van der Waals surface area contributed by atoms with Gasteiger partial charge >= 0.3 is 5.97 Å². The lowest BCUT2D eigenvalue weighted by Gasteiger charge is -2.24. The summed E-state index contributed by atoms with van der Waals surface area (Å²) in [5, 5.41) is 6.44. The zero-order chi connectivity index (χ0) is 18.2. The van der Waals surface area contributed by atoms with Crippen molar-refractivity contribution in [3.8, 4) is 0 Å². The molecular weight excluding hydrogens is 322 g/mol. The highest BCUT2D eigenvalue weighted by molar-refractivity contribution is 5.91. The number of nitrogens with one attached hydrogen (secondary N) is 1. The van der Waals surface area contributed by atoms with Crippen molar-refractivity contribution in [3.05, 3.63) is 47.7 Å². The average molecular weight is 345 g/mol. The third-order valence-electron chi connectivity index (χ3n) is 3.65. The van der Waals surface area contributed by atoms with E-state index in [1.54, 1.807) is 19.9 Å². The number of benzene rings is 1. The first-order chi connectivity index (χ1) is 12.0. The Labute approximate surface area is 146 Å². The van der Waals surface area contributed by atoms with Gasteiger partial charge in [-0.05, 0) is 12.5 Å². The summed E-state index contributed by atoms with van der Waals surface area (Å²) < 4.78 is 9.71. The largest absolute Gasteiger partial charge is 0.469 e. The maximum absolute atomic E-state index is 12.3. The van der Waals surface area contributed by atoms with Crippen LogP contribution in [-0.2, 0) is 20.9 Å². The third-order valence-corrected chi connectivity index (χ3v) is 3.65. The van der Waals surface area contributed by atoms with Crippen LogP contribution >= 0.6 is 0 Å². The Morgan fingerprint density at radius 1 is 1.32 bits per heavy atom. The molecule has 2 aromatic rings. The summed E-state index contributed by atoms with van der Waals surface area (Å²) in [6.45, 7) is 4.62. The van der Waals surface area contributed by atoms with Gasteiger partial charge in [0, 0.05) is 19.2 Å². The fourth-order valence-corrected chi connectivity index (χ4v) is 2.50. The molecule has 134 valence electrons. The number of esters is 1. The minimum Gasteiger partial charge on any atom is -0.469 e. The van der Waals surface area contributed by atoms with Crippen LogP contribution in [0.4, 0.5) is 5.82 Å². The van der Waals surface area contributed by atoms with Crippen molar-refractivity contribution in [1.29, 1.82) is 0 Å². The van der Waals surface area contributed by atoms with Crippen LogP contribution in [0.1, 0.15) is 18.2 Å². The molecule has 1 aromatic heterocycles. The Hall–Kier alpha value is -2.67. The summed E-state index contributed by atoms with van der Waals surface area (Å²) in [5.74, 6) is 0.140. The van der Waals surface area contributed by atoms with E-state index in [1.165, 1.54) is 7.11 Å². The van der Waals surface area contributed by atoms with Gasteiger partial charge in [-0.1, -0.05) is 42.4 Å². The highest BCUT2D eigenvalue weighted by atomic mass is 16.5. The maximum Gasteiger partial charge on any atom is 0.309 e. The van der Waals surface area contributed by atoms with Crippen LogP contribution in [0.3, 0.4) is 0 Å². The SMILES string of the molecule is COC(=O)C(C)CN(CC(=O)Nc1cc(C)on1)Cc1ccccc1. The number of hydrogen-bond acceptors (Lipinski definition) is 6. The Morgan fingerprint density at radius 3 is 2.64 bits per heavy atom. The van der Waals surface area contributed by atoms with E-state index >= 15 is 0 Å². The number of ether oxygens (including phenoxy) is 1. The Balaban J connectivity index is 2.01. The van der Waals surface area contributed by atoms with E-state index in [1.807, 2.05) is 35.2 Å². The Morgan fingerprint density at radius 2 is 2.04 bits per heavy atom. The van der Waals surface area contributed by atoms with E-state index in [2.05, 4.69) is 10.5 Å². The van der Waals surface area contributed by atoms with E-state index < -0.39 is 0 Å². The van der Waals surface area contributed by atoms with Gasteiger partial charge in [0.25, 0.3) is 0 Å². The predicted molar refractivity (Wildman–Crippen MR) is 92.8 cm³/mol. The number of anilines is 1. The molecule has 0 spiro atoms. The molecule has 1 atom stereocenters. The van der Waals surface area contributed by atoms with Crippen molar-refractivity contribution >= 4 is 17.7 Å². The standard InChI is InChI=1S/C18H23N3O4/c1-13(18(23)24-3)10-21(11-15-7-5-4-6-8-15)12-17(22)19-16-9-14(2)25-20-16/h4-9,13H,10-12H2,1-3H3,(H,19,20,22). The van der Waals surface area contributed by atoms with E-state index in [0.717, 1.165) is 5.56 Å². The molecule has 0 aliphatic carbocycles.